The minimum Gasteiger partial charge on any atom is -0.328 e. The highest BCUT2D eigenvalue weighted by molar-refractivity contribution is 7.11. The summed E-state index contributed by atoms with van der Waals surface area (Å²) in [6.45, 7) is 4.21. The third-order valence-electron chi connectivity index (χ3n) is 3.19. The molecule has 1 aliphatic rings. The van der Waals surface area contributed by atoms with Gasteiger partial charge in [0.15, 0.2) is 0 Å². The molecule has 0 saturated heterocycles. The molecule has 15 heavy (non-hydrogen) atoms. The van der Waals surface area contributed by atoms with Crippen LogP contribution in [0.1, 0.15) is 54.1 Å². The lowest BCUT2D eigenvalue weighted by Gasteiger charge is -2.22. The fraction of sp³-hybridized carbons (Fsp3) is 0.750. The van der Waals surface area contributed by atoms with E-state index in [0.29, 0.717) is 6.04 Å². The van der Waals surface area contributed by atoms with Crippen LogP contribution in [0, 0.1) is 6.92 Å². The van der Waals surface area contributed by atoms with E-state index in [0.717, 1.165) is 18.8 Å². The monoisotopic (exact) mass is 224 g/mol. The van der Waals surface area contributed by atoms with E-state index in [1.54, 1.807) is 0 Å². The zero-order chi connectivity index (χ0) is 10.8. The smallest absolute Gasteiger partial charge is 0.0961 e. The molecule has 3 heteroatoms. The van der Waals surface area contributed by atoms with Crippen molar-refractivity contribution >= 4 is 11.3 Å². The zero-order valence-electron chi connectivity index (χ0n) is 9.62. The highest BCUT2D eigenvalue weighted by atomic mass is 32.1. The van der Waals surface area contributed by atoms with Gasteiger partial charge in [-0.2, -0.15) is 0 Å². The Balaban J connectivity index is 2.00. The first-order chi connectivity index (χ1) is 7.16. The first kappa shape index (κ1) is 11.1. The Morgan fingerprint density at radius 2 is 2.27 bits per heavy atom. The minimum absolute atomic E-state index is 0.304. The van der Waals surface area contributed by atoms with Gasteiger partial charge >= 0.3 is 0 Å². The Morgan fingerprint density at radius 1 is 1.53 bits per heavy atom. The Morgan fingerprint density at radius 3 is 2.80 bits per heavy atom. The molecule has 0 aliphatic heterocycles. The molecular formula is C12H20N2S. The van der Waals surface area contributed by atoms with Crippen molar-refractivity contribution < 1.29 is 0 Å². The molecule has 1 aromatic heterocycles. The molecule has 0 aromatic carbocycles. The van der Waals surface area contributed by atoms with Crippen molar-refractivity contribution in [3.05, 3.63) is 15.6 Å². The highest BCUT2D eigenvalue weighted by Crippen LogP contribution is 2.39. The van der Waals surface area contributed by atoms with Gasteiger partial charge in [-0.3, -0.25) is 0 Å². The molecule has 0 bridgehead atoms. The number of hydrogen-bond donors (Lipinski definition) is 1. The van der Waals surface area contributed by atoms with Crippen LogP contribution in [0.5, 0.6) is 0 Å². The summed E-state index contributed by atoms with van der Waals surface area (Å²) < 4.78 is 0. The molecule has 0 spiro atoms. The van der Waals surface area contributed by atoms with Crippen LogP contribution < -0.4 is 5.73 Å². The topological polar surface area (TPSA) is 38.9 Å². The van der Waals surface area contributed by atoms with E-state index in [1.807, 2.05) is 11.3 Å². The third-order valence-corrected chi connectivity index (χ3v) is 4.57. The SMILES string of the molecule is Cc1nc(C2CCC2)sc1CCC(C)N. The average Bonchev–Trinajstić information content (AvgIpc) is 2.40. The van der Waals surface area contributed by atoms with Crippen LogP contribution in [0.2, 0.25) is 0 Å². The summed E-state index contributed by atoms with van der Waals surface area (Å²) in [6, 6.07) is 0.304. The summed E-state index contributed by atoms with van der Waals surface area (Å²) in [6.07, 6.45) is 6.26. The van der Waals surface area contributed by atoms with E-state index in [2.05, 4.69) is 18.8 Å². The van der Waals surface area contributed by atoms with Crippen molar-refractivity contribution in [1.29, 1.82) is 0 Å². The van der Waals surface area contributed by atoms with Crippen LogP contribution in [0.25, 0.3) is 0 Å². The molecule has 1 aromatic rings. The van der Waals surface area contributed by atoms with Gasteiger partial charge in [-0.25, -0.2) is 4.98 Å². The zero-order valence-corrected chi connectivity index (χ0v) is 10.4. The van der Waals surface area contributed by atoms with Gasteiger partial charge in [0, 0.05) is 16.8 Å². The van der Waals surface area contributed by atoms with Crippen LogP contribution >= 0.6 is 11.3 Å². The molecule has 2 nitrogen and oxygen atoms in total. The van der Waals surface area contributed by atoms with Gasteiger partial charge in [-0.1, -0.05) is 6.42 Å². The molecule has 1 heterocycles. The van der Waals surface area contributed by atoms with Crippen LogP contribution in [0.15, 0.2) is 0 Å². The predicted octanol–water partition coefficient (Wildman–Crippen LogP) is 3.00. The maximum Gasteiger partial charge on any atom is 0.0961 e. The summed E-state index contributed by atoms with van der Waals surface area (Å²) in [4.78, 5) is 6.14. The molecule has 0 radical (unpaired) electrons. The summed E-state index contributed by atoms with van der Waals surface area (Å²) in [7, 11) is 0. The van der Waals surface area contributed by atoms with E-state index in [-0.39, 0.29) is 0 Å². The summed E-state index contributed by atoms with van der Waals surface area (Å²) in [5.41, 5.74) is 7.02. The largest absolute Gasteiger partial charge is 0.328 e. The summed E-state index contributed by atoms with van der Waals surface area (Å²) in [5.74, 6) is 0.776. The van der Waals surface area contributed by atoms with Crippen LogP contribution in [-0.4, -0.2) is 11.0 Å². The van der Waals surface area contributed by atoms with Crippen LogP contribution in [-0.2, 0) is 6.42 Å². The Kier molecular flexibility index (Phi) is 3.42. The fourth-order valence-corrected chi connectivity index (χ4v) is 3.12. The second-order valence-corrected chi connectivity index (χ2v) is 5.82. The van der Waals surface area contributed by atoms with Gasteiger partial charge in [0.2, 0.25) is 0 Å². The Bertz CT molecular complexity index is 326. The van der Waals surface area contributed by atoms with E-state index >= 15 is 0 Å². The van der Waals surface area contributed by atoms with E-state index in [1.165, 1.54) is 34.8 Å². The highest BCUT2D eigenvalue weighted by Gasteiger charge is 2.23. The molecule has 2 N–H and O–H groups in total. The molecule has 2 rings (SSSR count). The van der Waals surface area contributed by atoms with Gasteiger partial charge in [0.1, 0.15) is 0 Å². The standard InChI is InChI=1S/C12H20N2S/c1-8(13)6-7-11-9(2)14-12(15-11)10-4-3-5-10/h8,10H,3-7,13H2,1-2H3. The summed E-state index contributed by atoms with van der Waals surface area (Å²) >= 11 is 1.92. The molecular weight excluding hydrogens is 204 g/mol. The second kappa shape index (κ2) is 4.62. The van der Waals surface area contributed by atoms with Crippen LogP contribution in [0.4, 0.5) is 0 Å². The normalized spacial score (nSPS) is 18.9. The predicted molar refractivity (Wildman–Crippen MR) is 65.4 cm³/mol. The maximum atomic E-state index is 5.78. The molecule has 1 saturated carbocycles. The van der Waals surface area contributed by atoms with E-state index in [4.69, 9.17) is 5.73 Å². The first-order valence-electron chi connectivity index (χ1n) is 5.88. The van der Waals surface area contributed by atoms with Gasteiger partial charge in [0.25, 0.3) is 0 Å². The molecule has 1 unspecified atom stereocenters. The molecule has 1 atom stereocenters. The van der Waals surface area contributed by atoms with Crippen molar-refractivity contribution in [2.45, 2.75) is 57.9 Å². The van der Waals surface area contributed by atoms with Gasteiger partial charge in [0.05, 0.1) is 10.7 Å². The number of aryl methyl sites for hydroxylation is 2. The van der Waals surface area contributed by atoms with Crippen molar-refractivity contribution in [3.8, 4) is 0 Å². The lowest BCUT2D eigenvalue weighted by Crippen LogP contribution is -2.15. The Hall–Kier alpha value is -0.410. The molecule has 84 valence electrons. The molecule has 1 fully saturated rings. The van der Waals surface area contributed by atoms with Crippen LogP contribution in [0.3, 0.4) is 0 Å². The van der Waals surface area contributed by atoms with E-state index < -0.39 is 0 Å². The average molecular weight is 224 g/mol. The first-order valence-corrected chi connectivity index (χ1v) is 6.70. The summed E-state index contributed by atoms with van der Waals surface area (Å²) in [5, 5.41) is 1.37. The number of thiazole rings is 1. The van der Waals surface area contributed by atoms with Crippen molar-refractivity contribution in [1.82, 2.24) is 4.98 Å². The number of aromatic nitrogens is 1. The number of nitrogens with two attached hydrogens (primary N) is 1. The number of nitrogens with zero attached hydrogens (tertiary/aromatic N) is 1. The van der Waals surface area contributed by atoms with Crippen molar-refractivity contribution in [2.24, 2.45) is 5.73 Å². The van der Waals surface area contributed by atoms with Gasteiger partial charge in [-0.15, -0.1) is 11.3 Å². The van der Waals surface area contributed by atoms with E-state index in [9.17, 15) is 0 Å². The van der Waals surface area contributed by atoms with Crippen molar-refractivity contribution in [3.63, 3.8) is 0 Å². The molecule has 0 amide bonds. The minimum atomic E-state index is 0.304. The number of rotatable bonds is 4. The van der Waals surface area contributed by atoms with Gasteiger partial charge in [-0.05, 0) is 39.5 Å². The lowest BCUT2D eigenvalue weighted by atomic mass is 9.86. The fourth-order valence-electron chi connectivity index (χ4n) is 1.87. The Labute approximate surface area is 95.9 Å². The number of hydrogen-bond acceptors (Lipinski definition) is 3. The quantitative estimate of drug-likeness (QED) is 0.854. The second-order valence-electron chi connectivity index (χ2n) is 4.70. The maximum absolute atomic E-state index is 5.78. The third kappa shape index (κ3) is 2.58. The lowest BCUT2D eigenvalue weighted by molar-refractivity contribution is 0.418. The van der Waals surface area contributed by atoms with Crippen molar-refractivity contribution in [2.75, 3.05) is 0 Å². The molecule has 1 aliphatic carbocycles. The van der Waals surface area contributed by atoms with Gasteiger partial charge < -0.3 is 5.73 Å².